The molecule has 2 saturated carbocycles. The minimum absolute atomic E-state index is 0.0243. The zero-order chi connectivity index (χ0) is 15.2. The lowest BCUT2D eigenvalue weighted by Gasteiger charge is -2.46. The van der Waals surface area contributed by atoms with Crippen molar-refractivity contribution < 1.29 is 14.5 Å². The molecule has 1 aromatic carbocycles. The fourth-order valence-corrected chi connectivity index (χ4v) is 5.04. The molecule has 2 aliphatic carbocycles. The van der Waals surface area contributed by atoms with Crippen molar-refractivity contribution in [3.8, 4) is 0 Å². The van der Waals surface area contributed by atoms with Crippen molar-refractivity contribution in [2.45, 2.75) is 49.9 Å². The Balaban J connectivity index is 1.71. The highest BCUT2D eigenvalue weighted by atomic mass is 127. The van der Waals surface area contributed by atoms with Crippen molar-refractivity contribution in [3.05, 3.63) is 35.9 Å². The fourth-order valence-electron chi connectivity index (χ4n) is 4.53. The number of rotatable bonds is 2. The Morgan fingerprint density at radius 1 is 1.23 bits per heavy atom. The van der Waals surface area contributed by atoms with E-state index < -0.39 is 0 Å². The van der Waals surface area contributed by atoms with Crippen LogP contribution in [0.4, 0.5) is 0 Å². The van der Waals surface area contributed by atoms with Gasteiger partial charge in [0, 0.05) is 10.8 Å². The standard InChI is InChI=1S/C18H23IO3/c1-17(12-19)9-10-20-18(14-5-3-2-4-6-14)15-8-7-13(11-15)16(18)21-22-17/h2-6,13,15-16H,7-12H2,1H3. The van der Waals surface area contributed by atoms with E-state index in [4.69, 9.17) is 14.5 Å². The topological polar surface area (TPSA) is 27.7 Å². The van der Waals surface area contributed by atoms with Crippen molar-refractivity contribution in [2.24, 2.45) is 11.8 Å². The summed E-state index contributed by atoms with van der Waals surface area (Å²) in [6.07, 6.45) is 4.57. The van der Waals surface area contributed by atoms with Gasteiger partial charge in [-0.1, -0.05) is 52.9 Å². The SMILES string of the molecule is CC1(CI)CCOC2(c3ccccc3)C3CCC(C3)C2OO1. The van der Waals surface area contributed by atoms with E-state index >= 15 is 0 Å². The lowest BCUT2D eigenvalue weighted by atomic mass is 9.76. The number of hydrogen-bond acceptors (Lipinski definition) is 3. The summed E-state index contributed by atoms with van der Waals surface area (Å²) in [6.45, 7) is 2.85. The molecule has 3 aliphatic rings. The van der Waals surface area contributed by atoms with Crippen LogP contribution in [0.15, 0.2) is 30.3 Å². The molecule has 0 amide bonds. The predicted molar refractivity (Wildman–Crippen MR) is 92.8 cm³/mol. The Morgan fingerprint density at radius 3 is 2.82 bits per heavy atom. The second-order valence-electron chi connectivity index (χ2n) is 7.21. The lowest BCUT2D eigenvalue weighted by Crippen LogP contribution is -2.52. The van der Waals surface area contributed by atoms with E-state index in [0.717, 1.165) is 17.5 Å². The monoisotopic (exact) mass is 414 g/mol. The molecule has 5 atom stereocenters. The van der Waals surface area contributed by atoms with E-state index in [1.54, 1.807) is 0 Å². The summed E-state index contributed by atoms with van der Waals surface area (Å²) >= 11 is 2.37. The van der Waals surface area contributed by atoms with Gasteiger partial charge >= 0.3 is 0 Å². The summed E-state index contributed by atoms with van der Waals surface area (Å²) in [4.78, 5) is 12.0. The van der Waals surface area contributed by atoms with Gasteiger partial charge in [0.05, 0.1) is 6.61 Å². The number of halogens is 1. The second kappa shape index (κ2) is 5.72. The molecule has 4 rings (SSSR count). The van der Waals surface area contributed by atoms with Gasteiger partial charge in [-0.3, -0.25) is 0 Å². The first-order valence-corrected chi connectivity index (χ1v) is 9.80. The van der Waals surface area contributed by atoms with Gasteiger partial charge in [0.1, 0.15) is 17.3 Å². The van der Waals surface area contributed by atoms with Crippen LogP contribution in [0.5, 0.6) is 0 Å². The third-order valence-electron chi connectivity index (χ3n) is 5.76. The molecule has 0 spiro atoms. The summed E-state index contributed by atoms with van der Waals surface area (Å²) in [5.74, 6) is 1.11. The molecule has 0 radical (unpaired) electrons. The molecule has 3 nitrogen and oxygen atoms in total. The van der Waals surface area contributed by atoms with Gasteiger partial charge in [-0.25, -0.2) is 9.78 Å². The van der Waals surface area contributed by atoms with Crippen LogP contribution in [0, 0.1) is 11.8 Å². The maximum atomic E-state index is 6.60. The number of alkyl halides is 1. The van der Waals surface area contributed by atoms with Crippen LogP contribution in [0.1, 0.15) is 38.2 Å². The van der Waals surface area contributed by atoms with Crippen molar-refractivity contribution >= 4 is 22.6 Å². The minimum atomic E-state index is -0.309. The molecule has 0 aromatic heterocycles. The smallest absolute Gasteiger partial charge is 0.129 e. The molecule has 2 bridgehead atoms. The van der Waals surface area contributed by atoms with Crippen LogP contribution in [0.25, 0.3) is 0 Å². The normalized spacial score (nSPS) is 44.4. The van der Waals surface area contributed by atoms with Crippen LogP contribution in [0.2, 0.25) is 0 Å². The average Bonchev–Trinajstić information content (AvgIpc) is 3.12. The van der Waals surface area contributed by atoms with Crippen molar-refractivity contribution in [1.82, 2.24) is 0 Å². The number of benzene rings is 1. The average molecular weight is 414 g/mol. The first-order valence-electron chi connectivity index (χ1n) is 8.28. The van der Waals surface area contributed by atoms with Crippen molar-refractivity contribution in [2.75, 3.05) is 11.0 Å². The molecule has 1 heterocycles. The van der Waals surface area contributed by atoms with Gasteiger partial charge in [0.25, 0.3) is 0 Å². The van der Waals surface area contributed by atoms with E-state index in [1.807, 2.05) is 0 Å². The van der Waals surface area contributed by atoms with E-state index in [1.165, 1.54) is 24.8 Å². The van der Waals surface area contributed by atoms with Crippen molar-refractivity contribution in [1.29, 1.82) is 0 Å². The van der Waals surface area contributed by atoms with E-state index in [-0.39, 0.29) is 17.3 Å². The molecule has 1 aliphatic heterocycles. The minimum Gasteiger partial charge on any atom is -0.367 e. The Labute approximate surface area is 145 Å². The summed E-state index contributed by atoms with van der Waals surface area (Å²) < 4.78 is 7.51. The number of hydrogen-bond donors (Lipinski definition) is 0. The maximum absolute atomic E-state index is 6.60. The lowest BCUT2D eigenvalue weighted by molar-refractivity contribution is -0.420. The molecule has 22 heavy (non-hydrogen) atoms. The Morgan fingerprint density at radius 2 is 2.05 bits per heavy atom. The first-order chi connectivity index (χ1) is 10.7. The van der Waals surface area contributed by atoms with Gasteiger partial charge < -0.3 is 4.74 Å². The number of fused-ring (bicyclic) bond motifs is 5. The molecule has 1 saturated heterocycles. The molecular formula is C18H23IO3. The largest absolute Gasteiger partial charge is 0.367 e. The van der Waals surface area contributed by atoms with Crippen LogP contribution in [-0.2, 0) is 20.1 Å². The van der Waals surface area contributed by atoms with Gasteiger partial charge in [-0.2, -0.15) is 0 Å². The molecule has 0 N–H and O–H groups in total. The predicted octanol–water partition coefficient (Wildman–Crippen LogP) is 4.24. The van der Waals surface area contributed by atoms with E-state index in [2.05, 4.69) is 59.8 Å². The third-order valence-corrected chi connectivity index (χ3v) is 7.38. The third kappa shape index (κ3) is 2.26. The molecule has 1 aromatic rings. The van der Waals surface area contributed by atoms with E-state index in [0.29, 0.717) is 11.8 Å². The zero-order valence-corrected chi connectivity index (χ0v) is 15.1. The molecule has 4 heteroatoms. The molecule has 3 fully saturated rings. The zero-order valence-electron chi connectivity index (χ0n) is 13.0. The second-order valence-corrected chi connectivity index (χ2v) is 7.97. The van der Waals surface area contributed by atoms with Gasteiger partial charge in [0.2, 0.25) is 0 Å². The van der Waals surface area contributed by atoms with Crippen LogP contribution < -0.4 is 0 Å². The van der Waals surface area contributed by atoms with Crippen LogP contribution in [0.3, 0.4) is 0 Å². The molecule has 120 valence electrons. The Bertz CT molecular complexity index is 536. The van der Waals surface area contributed by atoms with Gasteiger partial charge in [0.15, 0.2) is 0 Å². The maximum Gasteiger partial charge on any atom is 0.129 e. The summed E-state index contributed by atoms with van der Waals surface area (Å²) in [6, 6.07) is 10.7. The molecular weight excluding hydrogens is 391 g/mol. The quantitative estimate of drug-likeness (QED) is 0.412. The Hall–Kier alpha value is -0.170. The van der Waals surface area contributed by atoms with Crippen LogP contribution >= 0.6 is 22.6 Å². The summed E-state index contributed by atoms with van der Waals surface area (Å²) in [5, 5.41) is 0. The summed E-state index contributed by atoms with van der Waals surface area (Å²) in [5.41, 5.74) is 0.705. The highest BCUT2D eigenvalue weighted by molar-refractivity contribution is 14.1. The highest BCUT2D eigenvalue weighted by Crippen LogP contribution is 2.59. The fraction of sp³-hybridized carbons (Fsp3) is 0.667. The highest BCUT2D eigenvalue weighted by Gasteiger charge is 2.62. The van der Waals surface area contributed by atoms with Gasteiger partial charge in [-0.05, 0) is 43.6 Å². The summed E-state index contributed by atoms with van der Waals surface area (Å²) in [7, 11) is 0. The van der Waals surface area contributed by atoms with Gasteiger partial charge in [-0.15, -0.1) is 0 Å². The Kier molecular flexibility index (Phi) is 4.00. The van der Waals surface area contributed by atoms with Crippen molar-refractivity contribution in [3.63, 3.8) is 0 Å². The van der Waals surface area contributed by atoms with Crippen LogP contribution in [-0.4, -0.2) is 22.7 Å². The number of ether oxygens (including phenoxy) is 1. The first kappa shape index (κ1) is 15.4. The van der Waals surface area contributed by atoms with E-state index in [9.17, 15) is 0 Å². The molecule has 5 unspecified atom stereocenters.